The maximum absolute atomic E-state index is 5.89. The number of aromatic nitrogens is 3. The highest BCUT2D eigenvalue weighted by Crippen LogP contribution is 2.24. The van der Waals surface area contributed by atoms with Crippen molar-refractivity contribution in [1.82, 2.24) is 15.0 Å². The van der Waals surface area contributed by atoms with Gasteiger partial charge in [0, 0.05) is 25.3 Å². The van der Waals surface area contributed by atoms with E-state index in [1.807, 2.05) is 12.3 Å². The fraction of sp³-hybridized carbons (Fsp3) is 0.400. The highest BCUT2D eigenvalue weighted by atomic mass is 15.2. The molecule has 2 aromatic heterocycles. The highest BCUT2D eigenvalue weighted by Gasteiger charge is 2.22. The van der Waals surface area contributed by atoms with Crippen molar-refractivity contribution in [3.63, 3.8) is 0 Å². The summed E-state index contributed by atoms with van der Waals surface area (Å²) in [5.41, 5.74) is 6.78. The van der Waals surface area contributed by atoms with Gasteiger partial charge in [-0.05, 0) is 12.5 Å². The van der Waals surface area contributed by atoms with Crippen molar-refractivity contribution in [3.8, 4) is 0 Å². The number of rotatable bonds is 1. The number of hydrogen-bond acceptors (Lipinski definition) is 4. The van der Waals surface area contributed by atoms with Crippen LogP contribution in [0.1, 0.15) is 6.42 Å². The molecule has 0 bridgehead atoms. The molecule has 1 aliphatic rings. The van der Waals surface area contributed by atoms with Crippen LogP contribution in [0, 0.1) is 0 Å². The molecule has 0 radical (unpaired) electrons. The summed E-state index contributed by atoms with van der Waals surface area (Å²) in [4.78, 5) is 13.8. The van der Waals surface area contributed by atoms with Crippen molar-refractivity contribution >= 4 is 16.9 Å². The average Bonchev–Trinajstić information content (AvgIpc) is 2.84. The number of H-pyrrole nitrogens is 1. The Labute approximate surface area is 87.3 Å². The van der Waals surface area contributed by atoms with Gasteiger partial charge in [-0.15, -0.1) is 0 Å². The Morgan fingerprint density at radius 1 is 1.47 bits per heavy atom. The van der Waals surface area contributed by atoms with Gasteiger partial charge in [0.25, 0.3) is 0 Å². The zero-order valence-electron chi connectivity index (χ0n) is 8.35. The van der Waals surface area contributed by atoms with Gasteiger partial charge >= 0.3 is 0 Å². The van der Waals surface area contributed by atoms with Crippen molar-refractivity contribution in [2.45, 2.75) is 12.5 Å². The lowest BCUT2D eigenvalue weighted by molar-refractivity contribution is 0.751. The van der Waals surface area contributed by atoms with Crippen molar-refractivity contribution in [1.29, 1.82) is 0 Å². The standard InChI is InChI=1S/C10H13N5/c11-7-2-4-15(5-7)10-8-1-3-12-9(8)13-6-14-10/h1,3,6-7H,2,4-5,11H2,(H,12,13,14)/t7-/m0/s1. The third kappa shape index (κ3) is 1.35. The fourth-order valence-corrected chi connectivity index (χ4v) is 2.09. The summed E-state index contributed by atoms with van der Waals surface area (Å²) in [5, 5.41) is 1.08. The van der Waals surface area contributed by atoms with Crippen LogP contribution in [0.5, 0.6) is 0 Å². The Balaban J connectivity index is 2.06. The number of nitrogens with zero attached hydrogens (tertiary/aromatic N) is 3. The molecule has 3 N–H and O–H groups in total. The SMILES string of the molecule is N[C@H]1CCN(c2ncnc3[nH]ccc23)C1. The molecule has 3 heterocycles. The lowest BCUT2D eigenvalue weighted by Gasteiger charge is -2.16. The quantitative estimate of drug-likeness (QED) is 0.707. The second-order valence-electron chi connectivity index (χ2n) is 3.93. The molecule has 0 amide bonds. The van der Waals surface area contributed by atoms with Crippen LogP contribution >= 0.6 is 0 Å². The van der Waals surface area contributed by atoms with Gasteiger partial charge in [-0.3, -0.25) is 0 Å². The maximum Gasteiger partial charge on any atom is 0.142 e. The summed E-state index contributed by atoms with van der Waals surface area (Å²) in [6.07, 6.45) is 4.52. The van der Waals surface area contributed by atoms with Gasteiger partial charge < -0.3 is 15.6 Å². The molecule has 0 spiro atoms. The monoisotopic (exact) mass is 203 g/mol. The zero-order chi connectivity index (χ0) is 10.3. The summed E-state index contributed by atoms with van der Waals surface area (Å²) in [6, 6.07) is 2.28. The minimum Gasteiger partial charge on any atom is -0.354 e. The Kier molecular flexibility index (Phi) is 1.85. The first kappa shape index (κ1) is 8.67. The van der Waals surface area contributed by atoms with E-state index in [2.05, 4.69) is 19.9 Å². The van der Waals surface area contributed by atoms with Crippen LogP contribution in [0.4, 0.5) is 5.82 Å². The molecule has 3 rings (SSSR count). The third-order valence-electron chi connectivity index (χ3n) is 2.86. The van der Waals surface area contributed by atoms with E-state index in [0.717, 1.165) is 36.4 Å². The molecule has 0 aromatic carbocycles. The minimum atomic E-state index is 0.272. The van der Waals surface area contributed by atoms with E-state index in [0.29, 0.717) is 0 Å². The van der Waals surface area contributed by atoms with Crippen molar-refractivity contribution < 1.29 is 0 Å². The first-order chi connectivity index (χ1) is 7.34. The summed E-state index contributed by atoms with van der Waals surface area (Å²) >= 11 is 0. The van der Waals surface area contributed by atoms with E-state index in [1.165, 1.54) is 0 Å². The molecule has 0 unspecified atom stereocenters. The predicted octanol–water partition coefficient (Wildman–Crippen LogP) is 0.495. The molecule has 2 aromatic rings. The van der Waals surface area contributed by atoms with Crippen LogP contribution in [0.25, 0.3) is 11.0 Å². The van der Waals surface area contributed by atoms with Gasteiger partial charge in [0.15, 0.2) is 0 Å². The molecule has 1 aliphatic heterocycles. The van der Waals surface area contributed by atoms with Crippen molar-refractivity contribution in [3.05, 3.63) is 18.6 Å². The topological polar surface area (TPSA) is 70.8 Å². The number of fused-ring (bicyclic) bond motifs is 1. The van der Waals surface area contributed by atoms with Crippen molar-refractivity contribution in [2.75, 3.05) is 18.0 Å². The molecule has 5 nitrogen and oxygen atoms in total. The molecular formula is C10H13N5. The minimum absolute atomic E-state index is 0.272. The van der Waals surface area contributed by atoms with Crippen LogP contribution < -0.4 is 10.6 Å². The average molecular weight is 203 g/mol. The van der Waals surface area contributed by atoms with E-state index >= 15 is 0 Å². The van der Waals surface area contributed by atoms with Gasteiger partial charge in [0.2, 0.25) is 0 Å². The lowest BCUT2D eigenvalue weighted by Crippen LogP contribution is -2.27. The molecule has 5 heteroatoms. The Bertz CT molecular complexity index is 477. The molecular weight excluding hydrogens is 190 g/mol. The smallest absolute Gasteiger partial charge is 0.142 e. The van der Waals surface area contributed by atoms with E-state index in [9.17, 15) is 0 Å². The third-order valence-corrected chi connectivity index (χ3v) is 2.86. The molecule has 78 valence electrons. The number of nitrogens with two attached hydrogens (primary N) is 1. The van der Waals surface area contributed by atoms with Gasteiger partial charge in [0.1, 0.15) is 17.8 Å². The number of aromatic amines is 1. The predicted molar refractivity (Wildman–Crippen MR) is 58.7 cm³/mol. The van der Waals surface area contributed by atoms with Gasteiger partial charge in [-0.25, -0.2) is 9.97 Å². The van der Waals surface area contributed by atoms with Crippen LogP contribution in [0.3, 0.4) is 0 Å². The first-order valence-corrected chi connectivity index (χ1v) is 5.13. The Morgan fingerprint density at radius 2 is 2.40 bits per heavy atom. The van der Waals surface area contributed by atoms with Crippen LogP contribution in [0.2, 0.25) is 0 Å². The van der Waals surface area contributed by atoms with Gasteiger partial charge in [-0.2, -0.15) is 0 Å². The maximum atomic E-state index is 5.89. The van der Waals surface area contributed by atoms with Crippen LogP contribution in [-0.4, -0.2) is 34.1 Å². The van der Waals surface area contributed by atoms with Crippen LogP contribution in [0.15, 0.2) is 18.6 Å². The molecule has 0 saturated carbocycles. The Morgan fingerprint density at radius 3 is 3.20 bits per heavy atom. The van der Waals surface area contributed by atoms with E-state index in [-0.39, 0.29) is 6.04 Å². The normalized spacial score (nSPS) is 21.4. The molecule has 1 fully saturated rings. The van der Waals surface area contributed by atoms with Crippen LogP contribution in [-0.2, 0) is 0 Å². The van der Waals surface area contributed by atoms with E-state index < -0.39 is 0 Å². The van der Waals surface area contributed by atoms with E-state index in [4.69, 9.17) is 5.73 Å². The molecule has 1 saturated heterocycles. The lowest BCUT2D eigenvalue weighted by atomic mass is 10.3. The first-order valence-electron chi connectivity index (χ1n) is 5.13. The Hall–Kier alpha value is -1.62. The number of anilines is 1. The largest absolute Gasteiger partial charge is 0.354 e. The summed E-state index contributed by atoms with van der Waals surface area (Å²) in [6.45, 7) is 1.87. The summed E-state index contributed by atoms with van der Waals surface area (Å²) < 4.78 is 0. The summed E-state index contributed by atoms with van der Waals surface area (Å²) in [7, 11) is 0. The van der Waals surface area contributed by atoms with E-state index in [1.54, 1.807) is 6.33 Å². The number of hydrogen-bond donors (Lipinski definition) is 2. The molecule has 15 heavy (non-hydrogen) atoms. The van der Waals surface area contributed by atoms with Crippen molar-refractivity contribution in [2.24, 2.45) is 5.73 Å². The zero-order valence-corrected chi connectivity index (χ0v) is 8.35. The second-order valence-corrected chi connectivity index (χ2v) is 3.93. The van der Waals surface area contributed by atoms with Gasteiger partial charge in [-0.1, -0.05) is 0 Å². The molecule has 0 aliphatic carbocycles. The highest BCUT2D eigenvalue weighted by molar-refractivity contribution is 5.87. The second kappa shape index (κ2) is 3.20. The van der Waals surface area contributed by atoms with Gasteiger partial charge in [0.05, 0.1) is 5.39 Å². The number of nitrogens with one attached hydrogen (secondary N) is 1. The molecule has 1 atom stereocenters. The summed E-state index contributed by atoms with van der Waals surface area (Å²) in [5.74, 6) is 0.995. The fourth-order valence-electron chi connectivity index (χ4n) is 2.09.